The van der Waals surface area contributed by atoms with Crippen molar-refractivity contribution >= 4 is 5.69 Å². The number of aliphatic hydroxyl groups excluding tert-OH is 1. The van der Waals surface area contributed by atoms with E-state index in [-0.39, 0.29) is 6.10 Å². The molecule has 0 spiro atoms. The highest BCUT2D eigenvalue weighted by atomic mass is 16.3. The summed E-state index contributed by atoms with van der Waals surface area (Å²) in [6.07, 6.45) is 1.64. The number of benzene rings is 1. The second-order valence-electron chi connectivity index (χ2n) is 3.96. The van der Waals surface area contributed by atoms with Crippen molar-refractivity contribution in [1.82, 2.24) is 0 Å². The monoisotopic (exact) mass is 207 g/mol. The molecule has 2 heteroatoms. The van der Waals surface area contributed by atoms with E-state index in [2.05, 4.69) is 36.1 Å². The lowest BCUT2D eigenvalue weighted by Gasteiger charge is -2.22. The highest BCUT2D eigenvalue weighted by Crippen LogP contribution is 2.14. The molecule has 0 saturated heterocycles. The van der Waals surface area contributed by atoms with E-state index in [0.717, 1.165) is 12.8 Å². The first-order valence-electron chi connectivity index (χ1n) is 5.65. The molecule has 1 atom stereocenters. The quantitative estimate of drug-likeness (QED) is 0.801. The molecule has 0 aromatic heterocycles. The van der Waals surface area contributed by atoms with Crippen LogP contribution >= 0.6 is 0 Å². The Morgan fingerprint density at radius 1 is 1.20 bits per heavy atom. The summed E-state index contributed by atoms with van der Waals surface area (Å²) >= 11 is 0. The molecule has 0 radical (unpaired) electrons. The predicted molar refractivity (Wildman–Crippen MR) is 65.4 cm³/mol. The van der Waals surface area contributed by atoms with Gasteiger partial charge in [0, 0.05) is 19.3 Å². The van der Waals surface area contributed by atoms with Crippen molar-refractivity contribution in [3.63, 3.8) is 0 Å². The van der Waals surface area contributed by atoms with Gasteiger partial charge in [-0.1, -0.05) is 26.0 Å². The van der Waals surface area contributed by atoms with E-state index in [1.165, 1.54) is 11.3 Å². The van der Waals surface area contributed by atoms with Crippen LogP contribution < -0.4 is 4.90 Å². The molecule has 0 fully saturated rings. The van der Waals surface area contributed by atoms with Crippen molar-refractivity contribution in [2.75, 3.05) is 18.5 Å². The molecule has 1 rings (SSSR count). The predicted octanol–water partition coefficient (Wildman–Crippen LogP) is 2.46. The molecule has 0 heterocycles. The van der Waals surface area contributed by atoms with E-state index < -0.39 is 0 Å². The smallest absolute Gasteiger partial charge is 0.0712 e. The number of hydrogen-bond acceptors (Lipinski definition) is 2. The molecule has 84 valence electrons. The number of likely N-dealkylation sites (N-methyl/N-ethyl adjacent to an activating group) is 1. The van der Waals surface area contributed by atoms with Gasteiger partial charge in [-0.15, -0.1) is 0 Å². The number of rotatable bonds is 5. The minimum atomic E-state index is -0.235. The second kappa shape index (κ2) is 5.76. The highest BCUT2D eigenvalue weighted by Gasteiger charge is 2.06. The Balaban J connectivity index is 2.61. The van der Waals surface area contributed by atoms with Crippen molar-refractivity contribution in [3.05, 3.63) is 29.8 Å². The Bertz CT molecular complexity index is 281. The maximum absolute atomic E-state index is 9.55. The standard InChI is InChI=1S/C13H21NO/c1-4-11-6-8-12(9-7-11)14(3)10-13(15)5-2/h6-9,13,15H,4-5,10H2,1-3H3. The summed E-state index contributed by atoms with van der Waals surface area (Å²) in [5.74, 6) is 0. The van der Waals surface area contributed by atoms with Gasteiger partial charge in [0.15, 0.2) is 0 Å². The van der Waals surface area contributed by atoms with Crippen LogP contribution in [0.25, 0.3) is 0 Å². The third-order valence-electron chi connectivity index (χ3n) is 2.74. The Hall–Kier alpha value is -1.02. The summed E-state index contributed by atoms with van der Waals surface area (Å²) in [6, 6.07) is 8.51. The maximum Gasteiger partial charge on any atom is 0.0712 e. The molecule has 0 aliphatic carbocycles. The summed E-state index contributed by atoms with van der Waals surface area (Å²) in [6.45, 7) is 4.85. The molecule has 0 aliphatic rings. The van der Waals surface area contributed by atoms with Gasteiger partial charge in [0.05, 0.1) is 6.10 Å². The van der Waals surface area contributed by atoms with Crippen LogP contribution in [0.2, 0.25) is 0 Å². The van der Waals surface area contributed by atoms with Gasteiger partial charge in [0.1, 0.15) is 0 Å². The van der Waals surface area contributed by atoms with Crippen LogP contribution in [-0.2, 0) is 6.42 Å². The van der Waals surface area contributed by atoms with Gasteiger partial charge in [-0.25, -0.2) is 0 Å². The molecule has 1 N–H and O–H groups in total. The van der Waals surface area contributed by atoms with Crippen LogP contribution in [0.5, 0.6) is 0 Å². The summed E-state index contributed by atoms with van der Waals surface area (Å²) in [5, 5.41) is 9.55. The minimum Gasteiger partial charge on any atom is -0.391 e. The zero-order valence-electron chi connectivity index (χ0n) is 9.90. The fourth-order valence-corrected chi connectivity index (χ4v) is 1.54. The van der Waals surface area contributed by atoms with E-state index in [0.29, 0.717) is 6.54 Å². The zero-order valence-corrected chi connectivity index (χ0v) is 9.90. The number of aliphatic hydroxyl groups is 1. The number of hydrogen-bond donors (Lipinski definition) is 1. The van der Waals surface area contributed by atoms with E-state index in [4.69, 9.17) is 0 Å². The number of anilines is 1. The van der Waals surface area contributed by atoms with Crippen LogP contribution in [0.4, 0.5) is 5.69 Å². The summed E-state index contributed by atoms with van der Waals surface area (Å²) in [4.78, 5) is 2.09. The van der Waals surface area contributed by atoms with Crippen molar-refractivity contribution < 1.29 is 5.11 Å². The molecule has 0 amide bonds. The molecule has 15 heavy (non-hydrogen) atoms. The van der Waals surface area contributed by atoms with E-state index in [1.54, 1.807) is 0 Å². The van der Waals surface area contributed by atoms with Crippen molar-refractivity contribution in [3.8, 4) is 0 Å². The highest BCUT2D eigenvalue weighted by molar-refractivity contribution is 5.46. The van der Waals surface area contributed by atoms with Crippen LogP contribution in [0, 0.1) is 0 Å². The Morgan fingerprint density at radius 2 is 1.80 bits per heavy atom. The maximum atomic E-state index is 9.55. The first-order chi connectivity index (χ1) is 7.17. The molecule has 1 aromatic carbocycles. The van der Waals surface area contributed by atoms with Gasteiger partial charge in [-0.05, 0) is 30.5 Å². The lowest BCUT2D eigenvalue weighted by Crippen LogP contribution is -2.28. The third kappa shape index (κ3) is 3.56. The first kappa shape index (κ1) is 12.1. The molecular weight excluding hydrogens is 186 g/mol. The molecule has 0 saturated carbocycles. The molecule has 0 bridgehead atoms. The third-order valence-corrected chi connectivity index (χ3v) is 2.74. The summed E-state index contributed by atoms with van der Waals surface area (Å²) < 4.78 is 0. The lowest BCUT2D eigenvalue weighted by atomic mass is 10.1. The number of nitrogens with zero attached hydrogens (tertiary/aromatic N) is 1. The molecule has 1 aromatic rings. The number of aryl methyl sites for hydroxylation is 1. The largest absolute Gasteiger partial charge is 0.391 e. The minimum absolute atomic E-state index is 0.235. The van der Waals surface area contributed by atoms with Crippen molar-refractivity contribution in [2.24, 2.45) is 0 Å². The lowest BCUT2D eigenvalue weighted by molar-refractivity contribution is 0.177. The van der Waals surface area contributed by atoms with Crippen LogP contribution in [0.1, 0.15) is 25.8 Å². The Morgan fingerprint density at radius 3 is 2.27 bits per heavy atom. The molecule has 2 nitrogen and oxygen atoms in total. The van der Waals surface area contributed by atoms with E-state index >= 15 is 0 Å². The normalized spacial score (nSPS) is 12.5. The fourth-order valence-electron chi connectivity index (χ4n) is 1.54. The summed E-state index contributed by atoms with van der Waals surface area (Å²) in [5.41, 5.74) is 2.52. The van der Waals surface area contributed by atoms with E-state index in [1.807, 2.05) is 14.0 Å². The Labute approximate surface area is 92.5 Å². The van der Waals surface area contributed by atoms with Crippen LogP contribution in [0.3, 0.4) is 0 Å². The molecule has 0 aliphatic heterocycles. The van der Waals surface area contributed by atoms with Crippen LogP contribution in [0.15, 0.2) is 24.3 Å². The van der Waals surface area contributed by atoms with Crippen LogP contribution in [-0.4, -0.2) is 24.8 Å². The first-order valence-corrected chi connectivity index (χ1v) is 5.65. The summed E-state index contributed by atoms with van der Waals surface area (Å²) in [7, 11) is 2.01. The molecule has 1 unspecified atom stereocenters. The van der Waals surface area contributed by atoms with Gasteiger partial charge < -0.3 is 10.0 Å². The zero-order chi connectivity index (χ0) is 11.3. The Kier molecular flexibility index (Phi) is 4.63. The average Bonchev–Trinajstić information content (AvgIpc) is 2.29. The average molecular weight is 207 g/mol. The van der Waals surface area contributed by atoms with E-state index in [9.17, 15) is 5.11 Å². The van der Waals surface area contributed by atoms with Gasteiger partial charge in [0.25, 0.3) is 0 Å². The SMILES string of the molecule is CCc1ccc(N(C)CC(O)CC)cc1. The van der Waals surface area contributed by atoms with Crippen molar-refractivity contribution in [1.29, 1.82) is 0 Å². The van der Waals surface area contributed by atoms with Gasteiger partial charge in [-0.2, -0.15) is 0 Å². The van der Waals surface area contributed by atoms with Gasteiger partial charge in [-0.3, -0.25) is 0 Å². The molecular formula is C13H21NO. The second-order valence-corrected chi connectivity index (χ2v) is 3.96. The topological polar surface area (TPSA) is 23.5 Å². The van der Waals surface area contributed by atoms with Crippen molar-refractivity contribution in [2.45, 2.75) is 32.8 Å². The van der Waals surface area contributed by atoms with Gasteiger partial charge in [0.2, 0.25) is 0 Å². The van der Waals surface area contributed by atoms with Gasteiger partial charge >= 0.3 is 0 Å². The fraction of sp³-hybridized carbons (Fsp3) is 0.538.